The van der Waals surface area contributed by atoms with Crippen molar-refractivity contribution in [1.82, 2.24) is 10.2 Å². The van der Waals surface area contributed by atoms with Crippen molar-refractivity contribution >= 4 is 5.91 Å². The number of amides is 1. The van der Waals surface area contributed by atoms with E-state index in [1.54, 1.807) is 0 Å². The van der Waals surface area contributed by atoms with Gasteiger partial charge in [0.1, 0.15) is 0 Å². The summed E-state index contributed by atoms with van der Waals surface area (Å²) in [7, 11) is 0. The van der Waals surface area contributed by atoms with Crippen LogP contribution in [-0.4, -0.2) is 41.8 Å². The smallest absolute Gasteiger partial charge is 0.241 e. The zero-order valence-corrected chi connectivity index (χ0v) is 13.4. The topological polar surface area (TPSA) is 41.6 Å². The minimum atomic E-state index is 0.0164. The first-order valence-corrected chi connectivity index (χ1v) is 8.32. The third-order valence-corrected chi connectivity index (χ3v) is 4.87. The lowest BCUT2D eigenvalue weighted by atomic mass is 9.87. The zero-order valence-electron chi connectivity index (χ0n) is 13.4. The fraction of sp³-hybridized carbons (Fsp3) is 0.938. The highest BCUT2D eigenvalue weighted by atomic mass is 16.5. The molecule has 4 heteroatoms. The van der Waals surface area contributed by atoms with Gasteiger partial charge >= 0.3 is 0 Å². The Bertz CT molecular complexity index is 328. The average molecular weight is 282 g/mol. The van der Waals surface area contributed by atoms with Crippen LogP contribution in [0.5, 0.6) is 0 Å². The van der Waals surface area contributed by atoms with Crippen molar-refractivity contribution in [3.8, 4) is 0 Å². The van der Waals surface area contributed by atoms with Crippen LogP contribution in [0.2, 0.25) is 0 Å². The van der Waals surface area contributed by atoms with Crippen LogP contribution in [0.1, 0.15) is 59.8 Å². The average Bonchev–Trinajstić information content (AvgIpc) is 2.70. The third-order valence-electron chi connectivity index (χ3n) is 4.87. The second kappa shape index (κ2) is 6.90. The van der Waals surface area contributed by atoms with E-state index in [1.165, 1.54) is 0 Å². The highest BCUT2D eigenvalue weighted by Gasteiger charge is 2.47. The lowest BCUT2D eigenvalue weighted by Crippen LogP contribution is -2.53. The lowest BCUT2D eigenvalue weighted by Gasteiger charge is -2.43. The minimum Gasteiger partial charge on any atom is -0.378 e. The molecule has 116 valence electrons. The molecule has 1 heterocycles. The Morgan fingerprint density at radius 1 is 1.35 bits per heavy atom. The number of hydrogen-bond donors (Lipinski definition) is 1. The van der Waals surface area contributed by atoms with Crippen LogP contribution in [-0.2, 0) is 9.53 Å². The molecule has 2 fully saturated rings. The fourth-order valence-corrected chi connectivity index (χ4v) is 3.38. The molecule has 1 aliphatic carbocycles. The normalized spacial score (nSPS) is 35.2. The number of hydrogen-bond acceptors (Lipinski definition) is 3. The lowest BCUT2D eigenvalue weighted by molar-refractivity contribution is -0.139. The molecular weight excluding hydrogens is 252 g/mol. The van der Waals surface area contributed by atoms with E-state index in [0.29, 0.717) is 24.0 Å². The van der Waals surface area contributed by atoms with Gasteiger partial charge in [0.05, 0.1) is 18.3 Å². The Morgan fingerprint density at radius 2 is 2.05 bits per heavy atom. The van der Waals surface area contributed by atoms with Crippen LogP contribution < -0.4 is 5.32 Å². The van der Waals surface area contributed by atoms with Gasteiger partial charge in [-0.25, -0.2) is 0 Å². The molecular formula is C16H30N2O2. The summed E-state index contributed by atoms with van der Waals surface area (Å²) in [5.74, 6) is 0.729. The van der Waals surface area contributed by atoms with Crippen LogP contribution in [0.25, 0.3) is 0 Å². The molecule has 2 rings (SSSR count). The van der Waals surface area contributed by atoms with E-state index in [1.807, 2.05) is 6.92 Å². The molecule has 0 radical (unpaired) electrons. The number of carbonyl (C=O) groups excluding carboxylic acids is 1. The Kier molecular flexibility index (Phi) is 5.44. The van der Waals surface area contributed by atoms with Gasteiger partial charge in [0.15, 0.2) is 0 Å². The van der Waals surface area contributed by atoms with Crippen molar-refractivity contribution in [1.29, 1.82) is 0 Å². The standard InChI is InChI=1S/C16H30N2O2/c1-5-8-14-17-15(11(4)6-2)16(19)18(14)12-9-13(10-12)20-7-3/h11-15,17H,5-10H2,1-4H3. The van der Waals surface area contributed by atoms with E-state index in [-0.39, 0.29) is 12.2 Å². The summed E-state index contributed by atoms with van der Waals surface area (Å²) in [6, 6.07) is 0.403. The highest BCUT2D eigenvalue weighted by Crippen LogP contribution is 2.34. The second-order valence-corrected chi connectivity index (χ2v) is 6.28. The van der Waals surface area contributed by atoms with Crippen molar-refractivity contribution in [3.05, 3.63) is 0 Å². The summed E-state index contributed by atoms with van der Waals surface area (Å²) < 4.78 is 5.64. The maximum absolute atomic E-state index is 12.7. The van der Waals surface area contributed by atoms with Crippen molar-refractivity contribution < 1.29 is 9.53 Å². The van der Waals surface area contributed by atoms with Gasteiger partial charge in [-0.2, -0.15) is 0 Å². The Hall–Kier alpha value is -0.610. The largest absolute Gasteiger partial charge is 0.378 e. The molecule has 1 aliphatic heterocycles. The first kappa shape index (κ1) is 15.8. The Labute approximate surface area is 123 Å². The first-order valence-electron chi connectivity index (χ1n) is 8.32. The second-order valence-electron chi connectivity index (χ2n) is 6.28. The van der Waals surface area contributed by atoms with Crippen molar-refractivity contribution in [2.24, 2.45) is 5.92 Å². The SMILES string of the molecule is CCCC1NC(C(C)CC)C(=O)N1C1CC(OCC)C1. The van der Waals surface area contributed by atoms with E-state index in [0.717, 1.165) is 38.7 Å². The molecule has 0 bridgehead atoms. The molecule has 1 saturated heterocycles. The Balaban J connectivity index is 1.99. The predicted molar refractivity (Wildman–Crippen MR) is 80.4 cm³/mol. The third kappa shape index (κ3) is 3.01. The molecule has 3 unspecified atom stereocenters. The number of nitrogens with one attached hydrogen (secondary N) is 1. The molecule has 1 amide bonds. The molecule has 2 aliphatic rings. The maximum atomic E-state index is 12.7. The van der Waals surface area contributed by atoms with Gasteiger partial charge in [-0.1, -0.05) is 33.6 Å². The molecule has 1 saturated carbocycles. The van der Waals surface area contributed by atoms with E-state index in [9.17, 15) is 4.79 Å². The number of rotatable bonds is 7. The van der Waals surface area contributed by atoms with Gasteiger partial charge in [0.25, 0.3) is 0 Å². The molecule has 0 aromatic carbocycles. The van der Waals surface area contributed by atoms with Gasteiger partial charge in [-0.05, 0) is 32.1 Å². The molecule has 1 N–H and O–H groups in total. The number of carbonyl (C=O) groups is 1. The van der Waals surface area contributed by atoms with Crippen molar-refractivity contribution in [2.45, 2.75) is 84.2 Å². The van der Waals surface area contributed by atoms with Gasteiger partial charge < -0.3 is 9.64 Å². The molecule has 0 aromatic rings. The molecule has 0 spiro atoms. The van der Waals surface area contributed by atoms with Gasteiger partial charge in [0, 0.05) is 12.6 Å². The van der Waals surface area contributed by atoms with E-state index in [2.05, 4.69) is 31.0 Å². The fourth-order valence-electron chi connectivity index (χ4n) is 3.38. The summed E-state index contributed by atoms with van der Waals surface area (Å²) in [6.45, 7) is 9.33. The van der Waals surface area contributed by atoms with Crippen LogP contribution >= 0.6 is 0 Å². The van der Waals surface area contributed by atoms with Gasteiger partial charge in [0.2, 0.25) is 5.91 Å². The van der Waals surface area contributed by atoms with Crippen LogP contribution in [0.3, 0.4) is 0 Å². The first-order chi connectivity index (χ1) is 9.62. The summed E-state index contributed by atoms with van der Waals surface area (Å²) >= 11 is 0. The monoisotopic (exact) mass is 282 g/mol. The predicted octanol–water partition coefficient (Wildman–Crippen LogP) is 2.53. The molecule has 0 aromatic heterocycles. The molecule has 4 nitrogen and oxygen atoms in total. The number of ether oxygens (including phenoxy) is 1. The zero-order chi connectivity index (χ0) is 14.7. The van der Waals surface area contributed by atoms with Crippen LogP contribution in [0.4, 0.5) is 0 Å². The van der Waals surface area contributed by atoms with E-state index in [4.69, 9.17) is 4.74 Å². The van der Waals surface area contributed by atoms with Gasteiger partial charge in [-0.3, -0.25) is 10.1 Å². The molecule has 20 heavy (non-hydrogen) atoms. The van der Waals surface area contributed by atoms with E-state index < -0.39 is 0 Å². The Morgan fingerprint density at radius 3 is 2.60 bits per heavy atom. The number of nitrogens with zero attached hydrogens (tertiary/aromatic N) is 1. The summed E-state index contributed by atoms with van der Waals surface area (Å²) in [4.78, 5) is 14.8. The summed E-state index contributed by atoms with van der Waals surface area (Å²) in [6.07, 6.45) is 5.82. The van der Waals surface area contributed by atoms with Gasteiger partial charge in [-0.15, -0.1) is 0 Å². The highest BCUT2D eigenvalue weighted by molar-refractivity contribution is 5.85. The maximum Gasteiger partial charge on any atom is 0.241 e. The molecule has 3 atom stereocenters. The summed E-state index contributed by atoms with van der Waals surface area (Å²) in [5.41, 5.74) is 0. The van der Waals surface area contributed by atoms with Crippen LogP contribution in [0.15, 0.2) is 0 Å². The minimum absolute atomic E-state index is 0.0164. The van der Waals surface area contributed by atoms with Crippen molar-refractivity contribution in [2.75, 3.05) is 6.61 Å². The quantitative estimate of drug-likeness (QED) is 0.780. The van der Waals surface area contributed by atoms with E-state index >= 15 is 0 Å². The van der Waals surface area contributed by atoms with Crippen molar-refractivity contribution in [3.63, 3.8) is 0 Å². The summed E-state index contributed by atoms with van der Waals surface area (Å²) in [5, 5.41) is 3.57. The van der Waals surface area contributed by atoms with Crippen LogP contribution in [0, 0.1) is 5.92 Å².